The highest BCUT2D eigenvalue weighted by Crippen LogP contribution is 2.38. The Hall–Kier alpha value is -4.45. The van der Waals surface area contributed by atoms with Crippen LogP contribution in [0.5, 0.6) is 0 Å². The first-order chi connectivity index (χ1) is 21.9. The van der Waals surface area contributed by atoms with Crippen LogP contribution in [0.1, 0.15) is 76.8 Å². The Kier molecular flexibility index (Phi) is 8.26. The van der Waals surface area contributed by atoms with Gasteiger partial charge in [-0.25, -0.2) is 9.18 Å². The first-order valence-electron chi connectivity index (χ1n) is 15.9. The lowest BCUT2D eigenvalue weighted by Crippen LogP contribution is -2.76. The number of likely N-dealkylation sites (tertiary alicyclic amines) is 2. The summed E-state index contributed by atoms with van der Waals surface area (Å²) in [6.07, 6.45) is 1.08. The summed E-state index contributed by atoms with van der Waals surface area (Å²) in [5, 5.41) is 10.4. The molecule has 0 aliphatic carbocycles. The Bertz CT molecular complexity index is 1660. The zero-order chi connectivity index (χ0) is 32.9. The predicted molar refractivity (Wildman–Crippen MR) is 175 cm³/mol. The van der Waals surface area contributed by atoms with E-state index in [1.54, 1.807) is 30.0 Å². The lowest BCUT2D eigenvalue weighted by Gasteiger charge is -2.61. The summed E-state index contributed by atoms with van der Waals surface area (Å²) in [6.45, 7) is 9.90. The van der Waals surface area contributed by atoms with Crippen molar-refractivity contribution in [3.63, 3.8) is 0 Å². The van der Waals surface area contributed by atoms with Gasteiger partial charge in [-0.05, 0) is 69.3 Å². The molecule has 244 valence electrons. The summed E-state index contributed by atoms with van der Waals surface area (Å²) in [5.41, 5.74) is 4.62. The molecule has 1 aromatic heterocycles. The average Bonchev–Trinajstić information content (AvgIpc) is 3.40. The molecule has 3 aliphatic heterocycles. The highest BCUT2D eigenvalue weighted by molar-refractivity contribution is 5.95. The number of likely N-dealkylation sites (N-methyl/N-ethyl adjacent to an activating group) is 1. The number of urea groups is 1. The van der Waals surface area contributed by atoms with Crippen LogP contribution in [0, 0.1) is 5.82 Å². The number of hydrogen-bond acceptors (Lipinski definition) is 6. The third kappa shape index (κ3) is 5.70. The SMILES string of the molecule is CC(C)n1nc(C(=O)NCc2ccc(NC(=O)N3CC4(CCN4C)C3)c(F)c2)c2c1[C@@H](C)CN(c1ccc(C(=O)N(C)C)cc1)C2. The van der Waals surface area contributed by atoms with Gasteiger partial charge in [-0.2, -0.15) is 5.10 Å². The molecule has 6 rings (SSSR count). The van der Waals surface area contributed by atoms with Crippen LogP contribution in [0.2, 0.25) is 0 Å². The molecule has 4 amide bonds. The summed E-state index contributed by atoms with van der Waals surface area (Å²) in [6, 6.07) is 11.9. The molecule has 2 fully saturated rings. The molecule has 2 N–H and O–H groups in total. The van der Waals surface area contributed by atoms with Crippen LogP contribution >= 0.6 is 0 Å². The number of aromatic nitrogens is 2. The van der Waals surface area contributed by atoms with Crippen molar-refractivity contribution in [3.8, 4) is 0 Å². The zero-order valence-electron chi connectivity index (χ0n) is 27.4. The fourth-order valence-electron chi connectivity index (χ4n) is 6.77. The molecule has 11 nitrogen and oxygen atoms in total. The summed E-state index contributed by atoms with van der Waals surface area (Å²) in [7, 11) is 5.52. The number of carbonyl (C=O) groups excluding carboxylic acids is 3. The van der Waals surface area contributed by atoms with Crippen molar-refractivity contribution < 1.29 is 18.8 Å². The molecule has 46 heavy (non-hydrogen) atoms. The van der Waals surface area contributed by atoms with Gasteiger partial charge in [0.2, 0.25) is 0 Å². The number of carbonyl (C=O) groups is 3. The summed E-state index contributed by atoms with van der Waals surface area (Å²) in [4.78, 5) is 46.3. The van der Waals surface area contributed by atoms with E-state index in [1.165, 1.54) is 12.1 Å². The van der Waals surface area contributed by atoms with Crippen molar-refractivity contribution in [3.05, 3.63) is 76.4 Å². The van der Waals surface area contributed by atoms with E-state index in [1.807, 2.05) is 42.8 Å². The average molecular weight is 631 g/mol. The van der Waals surface area contributed by atoms with Crippen molar-refractivity contribution in [1.82, 2.24) is 29.8 Å². The maximum atomic E-state index is 15.0. The maximum absolute atomic E-state index is 15.0. The Balaban J connectivity index is 1.13. The van der Waals surface area contributed by atoms with Crippen molar-refractivity contribution in [1.29, 1.82) is 0 Å². The van der Waals surface area contributed by atoms with Crippen molar-refractivity contribution >= 4 is 29.2 Å². The molecule has 12 heteroatoms. The Morgan fingerprint density at radius 2 is 1.83 bits per heavy atom. The van der Waals surface area contributed by atoms with Gasteiger partial charge in [-0.3, -0.25) is 19.2 Å². The predicted octanol–water partition coefficient (Wildman–Crippen LogP) is 4.28. The first-order valence-corrected chi connectivity index (χ1v) is 15.9. The van der Waals surface area contributed by atoms with E-state index >= 15 is 4.39 Å². The molecule has 0 saturated carbocycles. The molecule has 0 unspecified atom stereocenters. The van der Waals surface area contributed by atoms with E-state index in [2.05, 4.69) is 34.4 Å². The number of fused-ring (bicyclic) bond motifs is 1. The Morgan fingerprint density at radius 1 is 1.11 bits per heavy atom. The molecule has 0 radical (unpaired) electrons. The van der Waals surface area contributed by atoms with Gasteiger partial charge in [0, 0.05) is 87.8 Å². The first kappa shape index (κ1) is 31.5. The molecular weight excluding hydrogens is 587 g/mol. The molecule has 2 aromatic carbocycles. The van der Waals surface area contributed by atoms with Gasteiger partial charge in [0.1, 0.15) is 5.82 Å². The van der Waals surface area contributed by atoms with Gasteiger partial charge < -0.3 is 25.3 Å². The number of benzene rings is 2. The second kappa shape index (κ2) is 12.1. The Labute approximate surface area is 269 Å². The molecule has 3 aromatic rings. The Morgan fingerprint density at radius 3 is 2.41 bits per heavy atom. The standard InChI is InChI=1S/C34H43FN8O3/c1-21(2)43-30-22(3)17-41(25-10-8-24(9-11-25)32(45)39(4)5)18-26(30)29(38-43)31(44)36-16-23-7-12-28(27(35)15-23)37-33(46)42-19-34(20-42)13-14-40(34)6/h7-12,15,21-22H,13-14,16-20H2,1-6H3,(H,36,44)(H,37,46)/t22-/m0/s1. The van der Waals surface area contributed by atoms with Gasteiger partial charge in [-0.1, -0.05) is 13.0 Å². The largest absolute Gasteiger partial charge is 0.366 e. The topological polar surface area (TPSA) is 106 Å². The number of amides is 4. The van der Waals surface area contributed by atoms with Gasteiger partial charge in [0.15, 0.2) is 5.69 Å². The van der Waals surface area contributed by atoms with Crippen LogP contribution in [0.15, 0.2) is 42.5 Å². The monoisotopic (exact) mass is 630 g/mol. The number of anilines is 2. The van der Waals surface area contributed by atoms with Crippen LogP contribution in [-0.4, -0.2) is 95.2 Å². The lowest BCUT2D eigenvalue weighted by atomic mass is 9.78. The lowest BCUT2D eigenvalue weighted by molar-refractivity contribution is -0.0863. The van der Waals surface area contributed by atoms with Crippen LogP contribution < -0.4 is 15.5 Å². The van der Waals surface area contributed by atoms with Gasteiger partial charge in [0.05, 0.1) is 11.2 Å². The smallest absolute Gasteiger partial charge is 0.322 e. The van der Waals surface area contributed by atoms with Crippen LogP contribution in [-0.2, 0) is 13.1 Å². The van der Waals surface area contributed by atoms with E-state index < -0.39 is 5.82 Å². The van der Waals surface area contributed by atoms with E-state index in [9.17, 15) is 14.4 Å². The summed E-state index contributed by atoms with van der Waals surface area (Å²) >= 11 is 0. The van der Waals surface area contributed by atoms with Gasteiger partial charge in [-0.15, -0.1) is 0 Å². The van der Waals surface area contributed by atoms with Crippen LogP contribution in [0.3, 0.4) is 0 Å². The van der Waals surface area contributed by atoms with E-state index in [-0.39, 0.29) is 47.6 Å². The number of halogens is 1. The number of hydrogen-bond donors (Lipinski definition) is 2. The van der Waals surface area contributed by atoms with E-state index in [0.717, 1.165) is 36.5 Å². The van der Waals surface area contributed by atoms with Crippen LogP contribution in [0.25, 0.3) is 0 Å². The molecule has 1 atom stereocenters. The third-order valence-corrected chi connectivity index (χ3v) is 9.66. The fourth-order valence-corrected chi connectivity index (χ4v) is 6.77. The molecule has 4 heterocycles. The minimum absolute atomic E-state index is 0.0566. The van der Waals surface area contributed by atoms with Crippen molar-refractivity contribution in [2.75, 3.05) is 57.5 Å². The van der Waals surface area contributed by atoms with Crippen LogP contribution in [0.4, 0.5) is 20.6 Å². The molecule has 0 bridgehead atoms. The van der Waals surface area contributed by atoms with Gasteiger partial charge in [0.25, 0.3) is 11.8 Å². The highest BCUT2D eigenvalue weighted by atomic mass is 19.1. The number of nitrogens with zero attached hydrogens (tertiary/aromatic N) is 6. The van der Waals surface area contributed by atoms with E-state index in [4.69, 9.17) is 5.10 Å². The fraction of sp³-hybridized carbons (Fsp3) is 0.471. The second-order valence-corrected chi connectivity index (χ2v) is 13.5. The quantitative estimate of drug-likeness (QED) is 0.404. The minimum atomic E-state index is -0.555. The second-order valence-electron chi connectivity index (χ2n) is 13.5. The summed E-state index contributed by atoms with van der Waals surface area (Å²) < 4.78 is 16.9. The van der Waals surface area contributed by atoms with Crippen molar-refractivity contribution in [2.24, 2.45) is 0 Å². The highest BCUT2D eigenvalue weighted by Gasteiger charge is 2.53. The number of nitrogens with one attached hydrogen (secondary N) is 2. The third-order valence-electron chi connectivity index (χ3n) is 9.66. The molecule has 3 aliphatic rings. The minimum Gasteiger partial charge on any atom is -0.366 e. The normalized spacial score (nSPS) is 18.6. The van der Waals surface area contributed by atoms with Crippen molar-refractivity contribution in [2.45, 2.75) is 57.8 Å². The van der Waals surface area contributed by atoms with Gasteiger partial charge >= 0.3 is 6.03 Å². The molecular formula is C34H43FN8O3. The van der Waals surface area contributed by atoms with E-state index in [0.29, 0.717) is 36.5 Å². The summed E-state index contributed by atoms with van der Waals surface area (Å²) in [5.74, 6) is -0.835. The zero-order valence-corrected chi connectivity index (χ0v) is 27.4. The molecule has 1 spiro atoms. The number of rotatable bonds is 7. The molecule has 2 saturated heterocycles. The maximum Gasteiger partial charge on any atom is 0.322 e.